The summed E-state index contributed by atoms with van der Waals surface area (Å²) in [6.45, 7) is 3.11. The number of H-pyrrole nitrogens is 1. The van der Waals surface area contributed by atoms with Gasteiger partial charge in [-0.3, -0.25) is 24.0 Å². The first kappa shape index (κ1) is 28.0. The molecule has 0 aliphatic rings. The molecule has 0 bridgehead atoms. The van der Waals surface area contributed by atoms with Gasteiger partial charge < -0.3 is 42.6 Å². The SMILES string of the molecule is CC(C)C(NC(=O)C(CC(N)=O)NC(=O)C(Cc1cnc[nH]1)NC(=O)C(N)CC(=O)O)C(=O)O. The molecule has 0 aliphatic heterocycles. The molecule has 0 saturated carbocycles. The van der Waals surface area contributed by atoms with Crippen LogP contribution in [0.1, 0.15) is 32.4 Å². The summed E-state index contributed by atoms with van der Waals surface area (Å²) in [4.78, 5) is 78.1. The maximum atomic E-state index is 12.9. The predicted molar refractivity (Wildman–Crippen MR) is 115 cm³/mol. The van der Waals surface area contributed by atoms with Crippen LogP contribution in [-0.2, 0) is 35.2 Å². The molecular formula is C19H29N7O8. The van der Waals surface area contributed by atoms with Crippen LogP contribution in [0.4, 0.5) is 0 Å². The summed E-state index contributed by atoms with van der Waals surface area (Å²) >= 11 is 0. The van der Waals surface area contributed by atoms with E-state index >= 15 is 0 Å². The van der Waals surface area contributed by atoms with Gasteiger partial charge in [-0.1, -0.05) is 13.8 Å². The molecule has 0 aliphatic carbocycles. The highest BCUT2D eigenvalue weighted by Crippen LogP contribution is 2.05. The van der Waals surface area contributed by atoms with Crippen molar-refractivity contribution in [2.75, 3.05) is 0 Å². The Bertz CT molecular complexity index is 902. The van der Waals surface area contributed by atoms with Crippen LogP contribution in [0.3, 0.4) is 0 Å². The van der Waals surface area contributed by atoms with E-state index in [4.69, 9.17) is 16.6 Å². The third kappa shape index (κ3) is 9.23. The van der Waals surface area contributed by atoms with Gasteiger partial charge in [0.15, 0.2) is 0 Å². The van der Waals surface area contributed by atoms with Crippen molar-refractivity contribution in [3.05, 3.63) is 18.2 Å². The number of imidazole rings is 1. The lowest BCUT2D eigenvalue weighted by Crippen LogP contribution is -2.58. The number of amides is 4. The van der Waals surface area contributed by atoms with Gasteiger partial charge in [0.2, 0.25) is 23.6 Å². The number of carbonyl (C=O) groups excluding carboxylic acids is 4. The van der Waals surface area contributed by atoms with Crippen LogP contribution in [0.2, 0.25) is 0 Å². The molecule has 10 N–H and O–H groups in total. The summed E-state index contributed by atoms with van der Waals surface area (Å²) in [6, 6.07) is -5.65. The van der Waals surface area contributed by atoms with Gasteiger partial charge in [0.1, 0.15) is 18.1 Å². The molecule has 0 radical (unpaired) electrons. The molecule has 4 atom stereocenters. The summed E-state index contributed by atoms with van der Waals surface area (Å²) in [7, 11) is 0. The van der Waals surface area contributed by atoms with Crippen LogP contribution in [0.25, 0.3) is 0 Å². The number of carboxylic acid groups (broad SMARTS) is 2. The average Bonchev–Trinajstić information content (AvgIpc) is 3.22. The summed E-state index contributed by atoms with van der Waals surface area (Å²) in [5.74, 6) is -6.93. The van der Waals surface area contributed by atoms with Crippen molar-refractivity contribution in [2.24, 2.45) is 17.4 Å². The molecular weight excluding hydrogens is 454 g/mol. The number of aromatic amines is 1. The number of carbonyl (C=O) groups is 6. The van der Waals surface area contributed by atoms with Crippen LogP contribution in [0.5, 0.6) is 0 Å². The van der Waals surface area contributed by atoms with E-state index in [0.717, 1.165) is 0 Å². The van der Waals surface area contributed by atoms with Crippen LogP contribution >= 0.6 is 0 Å². The summed E-state index contributed by atoms with van der Waals surface area (Å²) in [5.41, 5.74) is 11.1. The van der Waals surface area contributed by atoms with Gasteiger partial charge in [-0.2, -0.15) is 0 Å². The van der Waals surface area contributed by atoms with Crippen molar-refractivity contribution in [1.82, 2.24) is 25.9 Å². The number of nitrogens with two attached hydrogens (primary N) is 2. The number of hydrogen-bond donors (Lipinski definition) is 8. The predicted octanol–water partition coefficient (Wildman–Crippen LogP) is -3.18. The Hall–Kier alpha value is -4.01. The van der Waals surface area contributed by atoms with Gasteiger partial charge in [-0.15, -0.1) is 0 Å². The molecule has 15 nitrogen and oxygen atoms in total. The number of hydrogen-bond acceptors (Lipinski definition) is 8. The molecule has 0 saturated heterocycles. The molecule has 0 fully saturated rings. The average molecular weight is 483 g/mol. The normalized spacial score (nSPS) is 14.4. The maximum absolute atomic E-state index is 12.9. The Morgan fingerprint density at radius 1 is 0.971 bits per heavy atom. The minimum Gasteiger partial charge on any atom is -0.481 e. The Balaban J connectivity index is 3.07. The Labute approximate surface area is 194 Å². The van der Waals surface area contributed by atoms with Crippen molar-refractivity contribution in [1.29, 1.82) is 0 Å². The molecule has 4 amide bonds. The van der Waals surface area contributed by atoms with Crippen molar-refractivity contribution >= 4 is 35.6 Å². The topological polar surface area (TPSA) is 260 Å². The third-order valence-corrected chi connectivity index (χ3v) is 4.61. The number of nitrogens with zero attached hydrogens (tertiary/aromatic N) is 1. The minimum absolute atomic E-state index is 0.147. The quantitative estimate of drug-likeness (QED) is 0.131. The van der Waals surface area contributed by atoms with Crippen molar-refractivity contribution in [3.63, 3.8) is 0 Å². The zero-order valence-electron chi connectivity index (χ0n) is 18.6. The second-order valence-corrected chi connectivity index (χ2v) is 7.85. The fourth-order valence-electron chi connectivity index (χ4n) is 2.84. The lowest BCUT2D eigenvalue weighted by Gasteiger charge is -2.25. The van der Waals surface area contributed by atoms with Gasteiger partial charge in [-0.05, 0) is 5.92 Å². The van der Waals surface area contributed by atoms with Crippen LogP contribution in [-0.4, -0.2) is 79.9 Å². The fraction of sp³-hybridized carbons (Fsp3) is 0.526. The number of nitrogens with one attached hydrogen (secondary N) is 4. The molecule has 1 rings (SSSR count). The van der Waals surface area contributed by atoms with E-state index < -0.39 is 78.5 Å². The first-order valence-corrected chi connectivity index (χ1v) is 10.2. The summed E-state index contributed by atoms with van der Waals surface area (Å²) in [6.07, 6.45) is 1.21. The molecule has 4 unspecified atom stereocenters. The maximum Gasteiger partial charge on any atom is 0.326 e. The lowest BCUT2D eigenvalue weighted by molar-refractivity contribution is -0.143. The molecule has 0 spiro atoms. The van der Waals surface area contributed by atoms with E-state index in [0.29, 0.717) is 5.69 Å². The zero-order chi connectivity index (χ0) is 26.0. The smallest absolute Gasteiger partial charge is 0.326 e. The van der Waals surface area contributed by atoms with E-state index in [1.54, 1.807) is 13.8 Å². The van der Waals surface area contributed by atoms with Crippen molar-refractivity contribution < 1.29 is 39.0 Å². The summed E-state index contributed by atoms with van der Waals surface area (Å²) < 4.78 is 0. The molecule has 15 heteroatoms. The summed E-state index contributed by atoms with van der Waals surface area (Å²) in [5, 5.41) is 24.9. The number of primary amides is 1. The second kappa shape index (κ2) is 12.9. The molecule has 1 aromatic heterocycles. The standard InChI is InChI=1S/C19H29N7O8/c1-8(2)15(19(33)34)26-18(32)12(5-13(21)27)25-17(31)11(3-9-6-22-7-23-9)24-16(30)10(20)4-14(28)29/h6-8,10-12,15H,3-5,20H2,1-2H3,(H2,21,27)(H,22,23)(H,24,30)(H,25,31)(H,26,32)(H,28,29)(H,33,34). The number of aromatic nitrogens is 2. The van der Waals surface area contributed by atoms with E-state index in [1.807, 2.05) is 0 Å². The fourth-order valence-corrected chi connectivity index (χ4v) is 2.84. The van der Waals surface area contributed by atoms with Crippen molar-refractivity contribution in [3.8, 4) is 0 Å². The van der Waals surface area contributed by atoms with E-state index in [9.17, 15) is 33.9 Å². The minimum atomic E-state index is -1.54. The molecule has 0 aromatic carbocycles. The van der Waals surface area contributed by atoms with Gasteiger partial charge in [0.25, 0.3) is 0 Å². The molecule has 1 heterocycles. The number of aliphatic carboxylic acids is 2. The molecule has 1 aromatic rings. The van der Waals surface area contributed by atoms with E-state index in [-0.39, 0.29) is 6.42 Å². The third-order valence-electron chi connectivity index (χ3n) is 4.61. The monoisotopic (exact) mass is 483 g/mol. The van der Waals surface area contributed by atoms with E-state index in [1.165, 1.54) is 12.5 Å². The van der Waals surface area contributed by atoms with Crippen LogP contribution in [0.15, 0.2) is 12.5 Å². The highest BCUT2D eigenvalue weighted by atomic mass is 16.4. The Morgan fingerprint density at radius 3 is 2.03 bits per heavy atom. The highest BCUT2D eigenvalue weighted by molar-refractivity contribution is 5.96. The van der Waals surface area contributed by atoms with Crippen LogP contribution < -0.4 is 27.4 Å². The molecule has 188 valence electrons. The Morgan fingerprint density at radius 2 is 1.56 bits per heavy atom. The highest BCUT2D eigenvalue weighted by Gasteiger charge is 2.32. The van der Waals surface area contributed by atoms with Crippen LogP contribution in [0, 0.1) is 5.92 Å². The largest absolute Gasteiger partial charge is 0.481 e. The van der Waals surface area contributed by atoms with Crippen molar-refractivity contribution in [2.45, 2.75) is 57.3 Å². The molecule has 34 heavy (non-hydrogen) atoms. The first-order valence-electron chi connectivity index (χ1n) is 10.2. The Kier molecular flexibility index (Phi) is 10.6. The number of carboxylic acids is 2. The number of rotatable bonds is 14. The lowest BCUT2D eigenvalue weighted by atomic mass is 10.0. The van der Waals surface area contributed by atoms with E-state index in [2.05, 4.69) is 25.9 Å². The van der Waals surface area contributed by atoms with Gasteiger partial charge in [0, 0.05) is 18.3 Å². The first-order chi connectivity index (χ1) is 15.8. The van der Waals surface area contributed by atoms with Gasteiger partial charge >= 0.3 is 11.9 Å². The second-order valence-electron chi connectivity index (χ2n) is 7.85. The zero-order valence-corrected chi connectivity index (χ0v) is 18.6. The van der Waals surface area contributed by atoms with Gasteiger partial charge in [0.05, 0.1) is 25.2 Å². The van der Waals surface area contributed by atoms with Gasteiger partial charge in [-0.25, -0.2) is 9.78 Å².